The van der Waals surface area contributed by atoms with Gasteiger partial charge < -0.3 is 23.9 Å². The fraction of sp³-hybridized carbons (Fsp3) is 0.550. The highest BCUT2D eigenvalue weighted by Gasteiger charge is 2.32. The molecule has 8 nitrogen and oxygen atoms in total. The Kier molecular flexibility index (Phi) is 5.67. The van der Waals surface area contributed by atoms with E-state index in [-0.39, 0.29) is 18.0 Å². The number of ether oxygens (including phenoxy) is 1. The minimum atomic E-state index is -0.535. The average molecular weight is 423 g/mol. The molecule has 2 heterocycles. The molecule has 29 heavy (non-hydrogen) atoms. The summed E-state index contributed by atoms with van der Waals surface area (Å²) in [4.78, 5) is 34.5. The van der Waals surface area contributed by atoms with Crippen LogP contribution in [0.4, 0.5) is 10.8 Å². The van der Waals surface area contributed by atoms with Gasteiger partial charge in [0, 0.05) is 44.8 Å². The predicted molar refractivity (Wildman–Crippen MR) is 112 cm³/mol. The standard InChI is InChI=1S/C20H27ClN4O4/c1-12-11-24(19(27)29-20(2,3)4)7-8-25(12)18-22-15-10-13(21)9-14(16(15)28-18)17(26)23(5)6/h9-10,12H,7-8,11H2,1-6H3. The van der Waals surface area contributed by atoms with E-state index in [1.54, 1.807) is 31.1 Å². The summed E-state index contributed by atoms with van der Waals surface area (Å²) in [6.45, 7) is 9.05. The van der Waals surface area contributed by atoms with E-state index in [4.69, 9.17) is 20.8 Å². The molecule has 1 atom stereocenters. The van der Waals surface area contributed by atoms with E-state index in [0.29, 0.717) is 47.3 Å². The lowest BCUT2D eigenvalue weighted by Crippen LogP contribution is -2.54. The first-order valence-electron chi connectivity index (χ1n) is 9.52. The van der Waals surface area contributed by atoms with Crippen molar-refractivity contribution in [3.05, 3.63) is 22.7 Å². The monoisotopic (exact) mass is 422 g/mol. The van der Waals surface area contributed by atoms with Crippen molar-refractivity contribution in [3.63, 3.8) is 0 Å². The largest absolute Gasteiger partial charge is 0.444 e. The van der Waals surface area contributed by atoms with E-state index < -0.39 is 5.60 Å². The molecule has 0 saturated carbocycles. The first-order chi connectivity index (χ1) is 13.5. The molecule has 1 unspecified atom stereocenters. The predicted octanol–water partition coefficient (Wildman–Crippen LogP) is 3.63. The zero-order valence-corrected chi connectivity index (χ0v) is 18.4. The first-order valence-corrected chi connectivity index (χ1v) is 9.90. The normalized spacial score (nSPS) is 17.6. The molecule has 1 aromatic carbocycles. The van der Waals surface area contributed by atoms with Crippen LogP contribution in [0.25, 0.3) is 11.1 Å². The van der Waals surface area contributed by atoms with Gasteiger partial charge in [0.1, 0.15) is 11.1 Å². The number of piperazine rings is 1. The quantitative estimate of drug-likeness (QED) is 0.735. The van der Waals surface area contributed by atoms with Gasteiger partial charge in [-0.3, -0.25) is 4.79 Å². The number of oxazole rings is 1. The minimum absolute atomic E-state index is 0.0344. The summed E-state index contributed by atoms with van der Waals surface area (Å²) >= 11 is 6.18. The molecule has 9 heteroatoms. The van der Waals surface area contributed by atoms with Gasteiger partial charge in [-0.2, -0.15) is 4.98 Å². The van der Waals surface area contributed by atoms with Crippen molar-refractivity contribution < 1.29 is 18.7 Å². The van der Waals surface area contributed by atoms with Crippen LogP contribution in [-0.4, -0.2) is 72.2 Å². The second kappa shape index (κ2) is 7.74. The van der Waals surface area contributed by atoms with Gasteiger partial charge in [0.2, 0.25) is 0 Å². The number of amides is 2. The maximum absolute atomic E-state index is 12.5. The van der Waals surface area contributed by atoms with Crippen LogP contribution in [0.1, 0.15) is 38.1 Å². The number of rotatable bonds is 2. The van der Waals surface area contributed by atoms with Crippen LogP contribution in [0.3, 0.4) is 0 Å². The average Bonchev–Trinajstić information content (AvgIpc) is 3.02. The van der Waals surface area contributed by atoms with Crippen molar-refractivity contribution in [1.29, 1.82) is 0 Å². The van der Waals surface area contributed by atoms with Crippen molar-refractivity contribution in [2.75, 3.05) is 38.6 Å². The summed E-state index contributed by atoms with van der Waals surface area (Å²) in [6, 6.07) is 3.64. The summed E-state index contributed by atoms with van der Waals surface area (Å²) < 4.78 is 11.5. The van der Waals surface area contributed by atoms with Gasteiger partial charge in [-0.15, -0.1) is 0 Å². The Morgan fingerprint density at radius 2 is 1.97 bits per heavy atom. The Hall–Kier alpha value is -2.48. The van der Waals surface area contributed by atoms with Gasteiger partial charge in [0.25, 0.3) is 11.9 Å². The molecule has 3 rings (SSSR count). The van der Waals surface area contributed by atoms with E-state index in [9.17, 15) is 9.59 Å². The van der Waals surface area contributed by atoms with Gasteiger partial charge in [0.05, 0.1) is 5.56 Å². The summed E-state index contributed by atoms with van der Waals surface area (Å²) in [5.41, 5.74) is 0.771. The zero-order valence-electron chi connectivity index (χ0n) is 17.7. The Morgan fingerprint density at radius 3 is 2.55 bits per heavy atom. The second-order valence-electron chi connectivity index (χ2n) is 8.47. The Morgan fingerprint density at radius 1 is 1.28 bits per heavy atom. The van der Waals surface area contributed by atoms with E-state index in [1.165, 1.54) is 4.90 Å². The number of carbonyl (C=O) groups excluding carboxylic acids is 2. The molecule has 0 aliphatic carbocycles. The van der Waals surface area contributed by atoms with Crippen LogP contribution in [0.5, 0.6) is 0 Å². The Labute approximate surface area is 175 Å². The minimum Gasteiger partial charge on any atom is -0.444 e. The fourth-order valence-corrected chi connectivity index (χ4v) is 3.46. The molecule has 2 aromatic rings. The molecule has 1 aromatic heterocycles. The zero-order chi connectivity index (χ0) is 21.5. The highest BCUT2D eigenvalue weighted by atomic mass is 35.5. The number of aromatic nitrogens is 1. The van der Waals surface area contributed by atoms with E-state index in [0.717, 1.165) is 0 Å². The second-order valence-corrected chi connectivity index (χ2v) is 8.90. The highest BCUT2D eigenvalue weighted by Crippen LogP contribution is 2.30. The number of nitrogens with zero attached hydrogens (tertiary/aromatic N) is 4. The number of fused-ring (bicyclic) bond motifs is 1. The maximum Gasteiger partial charge on any atom is 0.410 e. The Bertz CT molecular complexity index is 934. The number of halogens is 1. The molecule has 1 aliphatic rings. The third kappa shape index (κ3) is 4.58. The van der Waals surface area contributed by atoms with Crippen LogP contribution in [-0.2, 0) is 4.74 Å². The summed E-state index contributed by atoms with van der Waals surface area (Å²) in [5.74, 6) is -0.206. The molecule has 1 fully saturated rings. The topological polar surface area (TPSA) is 79.1 Å². The van der Waals surface area contributed by atoms with E-state index in [1.807, 2.05) is 32.6 Å². The van der Waals surface area contributed by atoms with Gasteiger partial charge in [-0.1, -0.05) is 11.6 Å². The molecule has 0 radical (unpaired) electrons. The number of hydrogen-bond donors (Lipinski definition) is 0. The van der Waals surface area contributed by atoms with E-state index in [2.05, 4.69) is 4.98 Å². The van der Waals surface area contributed by atoms with Crippen molar-refractivity contribution in [3.8, 4) is 0 Å². The molecule has 0 spiro atoms. The number of benzene rings is 1. The number of carbonyl (C=O) groups is 2. The van der Waals surface area contributed by atoms with Crippen molar-refractivity contribution >= 4 is 40.7 Å². The SMILES string of the molecule is CC1CN(C(=O)OC(C)(C)C)CCN1c1nc2cc(Cl)cc(C(=O)N(C)C)c2o1. The van der Waals surface area contributed by atoms with Gasteiger partial charge in [-0.25, -0.2) is 4.79 Å². The lowest BCUT2D eigenvalue weighted by atomic mass is 10.2. The van der Waals surface area contributed by atoms with Gasteiger partial charge >= 0.3 is 6.09 Å². The molecule has 0 bridgehead atoms. The lowest BCUT2D eigenvalue weighted by molar-refractivity contribution is 0.0216. The fourth-order valence-electron chi connectivity index (χ4n) is 3.24. The third-order valence-corrected chi connectivity index (χ3v) is 4.82. The van der Waals surface area contributed by atoms with Crippen molar-refractivity contribution in [1.82, 2.24) is 14.8 Å². The van der Waals surface area contributed by atoms with Crippen LogP contribution in [0.2, 0.25) is 5.02 Å². The van der Waals surface area contributed by atoms with Crippen LogP contribution < -0.4 is 4.90 Å². The van der Waals surface area contributed by atoms with Crippen LogP contribution >= 0.6 is 11.6 Å². The molecular formula is C20H27ClN4O4. The van der Waals surface area contributed by atoms with Crippen molar-refractivity contribution in [2.24, 2.45) is 0 Å². The highest BCUT2D eigenvalue weighted by molar-refractivity contribution is 6.32. The van der Waals surface area contributed by atoms with Crippen LogP contribution in [0, 0.1) is 0 Å². The Balaban J connectivity index is 1.84. The van der Waals surface area contributed by atoms with Crippen LogP contribution in [0.15, 0.2) is 16.5 Å². The molecule has 1 aliphatic heterocycles. The molecule has 1 saturated heterocycles. The number of hydrogen-bond acceptors (Lipinski definition) is 6. The first kappa shape index (κ1) is 21.2. The summed E-state index contributed by atoms with van der Waals surface area (Å²) in [5, 5.41) is 0.422. The maximum atomic E-state index is 12.5. The molecule has 2 amide bonds. The van der Waals surface area contributed by atoms with E-state index >= 15 is 0 Å². The molecule has 0 N–H and O–H groups in total. The van der Waals surface area contributed by atoms with Gasteiger partial charge in [0.15, 0.2) is 5.58 Å². The molecular weight excluding hydrogens is 396 g/mol. The third-order valence-electron chi connectivity index (χ3n) is 4.61. The van der Waals surface area contributed by atoms with Crippen molar-refractivity contribution in [2.45, 2.75) is 39.3 Å². The smallest absolute Gasteiger partial charge is 0.410 e. The number of anilines is 1. The lowest BCUT2D eigenvalue weighted by Gasteiger charge is -2.39. The summed E-state index contributed by atoms with van der Waals surface area (Å²) in [7, 11) is 3.34. The van der Waals surface area contributed by atoms with Gasteiger partial charge in [-0.05, 0) is 39.8 Å². The molecule has 158 valence electrons. The summed E-state index contributed by atoms with van der Waals surface area (Å²) in [6.07, 6.45) is -0.327.